The van der Waals surface area contributed by atoms with Gasteiger partial charge >= 0.3 is 0 Å². The fourth-order valence-corrected chi connectivity index (χ4v) is 3.96. The van der Waals surface area contributed by atoms with Gasteiger partial charge in [0.15, 0.2) is 0 Å². The van der Waals surface area contributed by atoms with Crippen LogP contribution in [-0.2, 0) is 20.6 Å². The van der Waals surface area contributed by atoms with Gasteiger partial charge in [0.05, 0.1) is 19.8 Å². The summed E-state index contributed by atoms with van der Waals surface area (Å²) in [5.41, 5.74) is 1.85. The Morgan fingerprint density at radius 1 is 0.750 bits per heavy atom. The third kappa shape index (κ3) is 6.42. The van der Waals surface area contributed by atoms with Crippen LogP contribution in [0.2, 0.25) is 0 Å². The standard InChI is InChI=1S/C25H32O11/c1-34-9-8-15-10-13(3-6-16-20(28)24(32)22(30)18(11-26)35-16)2-4-14(15)5-7-17-21(29)25(33)23(31)19(12-27)36-17/h2,4,10,16-33H,8-9,11-12H2,1H3/t16-,17-,18-,19-,20-,21-,22-,23-,24-,25-/m1/s1. The topological polar surface area (TPSA) is 190 Å². The number of rotatable bonds is 5. The van der Waals surface area contributed by atoms with E-state index in [-0.39, 0.29) is 0 Å². The molecule has 0 bridgehead atoms. The third-order valence-electron chi connectivity index (χ3n) is 6.17. The predicted octanol–water partition coefficient (Wildman–Crippen LogP) is -3.74. The zero-order chi connectivity index (χ0) is 26.4. The van der Waals surface area contributed by atoms with Crippen LogP contribution in [0.1, 0.15) is 16.7 Å². The molecule has 3 rings (SSSR count). The van der Waals surface area contributed by atoms with Crippen LogP contribution in [0.5, 0.6) is 0 Å². The lowest BCUT2D eigenvalue weighted by molar-refractivity contribution is -0.214. The minimum absolute atomic E-state index is 0.373. The summed E-state index contributed by atoms with van der Waals surface area (Å²) in [6.45, 7) is -0.728. The van der Waals surface area contributed by atoms with E-state index in [1.165, 1.54) is 0 Å². The molecule has 8 N–H and O–H groups in total. The van der Waals surface area contributed by atoms with E-state index in [9.17, 15) is 40.9 Å². The highest BCUT2D eigenvalue weighted by atomic mass is 16.5. The summed E-state index contributed by atoms with van der Waals surface area (Å²) in [4.78, 5) is 0. The Morgan fingerprint density at radius 3 is 1.78 bits per heavy atom. The molecule has 2 aliphatic heterocycles. The second-order valence-electron chi connectivity index (χ2n) is 8.65. The summed E-state index contributed by atoms with van der Waals surface area (Å²) < 4.78 is 16.0. The molecule has 11 nitrogen and oxygen atoms in total. The number of hydrogen-bond donors (Lipinski definition) is 8. The van der Waals surface area contributed by atoms with Gasteiger partial charge in [0.2, 0.25) is 0 Å². The molecule has 0 unspecified atom stereocenters. The Labute approximate surface area is 208 Å². The monoisotopic (exact) mass is 508 g/mol. The maximum atomic E-state index is 10.2. The van der Waals surface area contributed by atoms with E-state index in [0.717, 1.165) is 5.56 Å². The van der Waals surface area contributed by atoms with Crippen LogP contribution in [0, 0.1) is 23.7 Å². The molecule has 2 saturated heterocycles. The average Bonchev–Trinajstić information content (AvgIpc) is 2.89. The summed E-state index contributed by atoms with van der Waals surface area (Å²) in [6, 6.07) is 5.08. The van der Waals surface area contributed by atoms with E-state index in [2.05, 4.69) is 23.7 Å². The average molecular weight is 509 g/mol. The number of aliphatic hydroxyl groups is 8. The lowest BCUT2D eigenvalue weighted by atomic mass is 9.94. The normalized spacial score (nSPS) is 36.4. The van der Waals surface area contributed by atoms with E-state index >= 15 is 0 Å². The van der Waals surface area contributed by atoms with Crippen molar-refractivity contribution in [3.8, 4) is 23.7 Å². The van der Waals surface area contributed by atoms with Crippen molar-refractivity contribution in [2.24, 2.45) is 0 Å². The van der Waals surface area contributed by atoms with E-state index in [4.69, 9.17) is 14.2 Å². The Hall–Kier alpha value is -2.10. The van der Waals surface area contributed by atoms with E-state index in [1.54, 1.807) is 25.3 Å². The molecule has 1 aromatic carbocycles. The number of methoxy groups -OCH3 is 1. The summed E-state index contributed by atoms with van der Waals surface area (Å²) in [6.07, 6.45) is -12.8. The van der Waals surface area contributed by atoms with Crippen LogP contribution in [0.4, 0.5) is 0 Å². The Kier molecular flexibility index (Phi) is 10.2. The summed E-state index contributed by atoms with van der Waals surface area (Å²) in [7, 11) is 1.54. The van der Waals surface area contributed by atoms with Crippen LogP contribution < -0.4 is 0 Å². The molecule has 0 spiro atoms. The van der Waals surface area contributed by atoms with Crippen LogP contribution in [0.3, 0.4) is 0 Å². The zero-order valence-corrected chi connectivity index (χ0v) is 19.6. The van der Waals surface area contributed by atoms with Crippen molar-refractivity contribution in [1.29, 1.82) is 0 Å². The second kappa shape index (κ2) is 12.9. The zero-order valence-electron chi connectivity index (χ0n) is 19.6. The van der Waals surface area contributed by atoms with Gasteiger partial charge in [-0.05, 0) is 30.2 Å². The highest BCUT2D eigenvalue weighted by Crippen LogP contribution is 2.22. The smallest absolute Gasteiger partial charge is 0.147 e. The van der Waals surface area contributed by atoms with Crippen molar-refractivity contribution in [3.05, 3.63) is 34.9 Å². The molecule has 10 atom stereocenters. The molecule has 36 heavy (non-hydrogen) atoms. The van der Waals surface area contributed by atoms with Crippen molar-refractivity contribution in [1.82, 2.24) is 0 Å². The van der Waals surface area contributed by atoms with E-state index < -0.39 is 74.3 Å². The van der Waals surface area contributed by atoms with Gasteiger partial charge in [-0.25, -0.2) is 0 Å². The first-order chi connectivity index (χ1) is 17.2. The second-order valence-corrected chi connectivity index (χ2v) is 8.65. The first-order valence-corrected chi connectivity index (χ1v) is 11.5. The van der Waals surface area contributed by atoms with Crippen molar-refractivity contribution >= 4 is 0 Å². The molecule has 11 heteroatoms. The van der Waals surface area contributed by atoms with Crippen LogP contribution in [0.15, 0.2) is 18.2 Å². The van der Waals surface area contributed by atoms with Crippen molar-refractivity contribution in [2.75, 3.05) is 26.9 Å². The summed E-state index contributed by atoms with van der Waals surface area (Å²) in [5.74, 6) is 11.2. The maximum absolute atomic E-state index is 10.2. The van der Waals surface area contributed by atoms with Gasteiger partial charge in [0, 0.05) is 18.2 Å². The minimum Gasteiger partial charge on any atom is -0.394 e. The molecule has 2 heterocycles. The van der Waals surface area contributed by atoms with Gasteiger partial charge in [0.1, 0.15) is 61.0 Å². The van der Waals surface area contributed by atoms with Gasteiger partial charge in [0.25, 0.3) is 0 Å². The van der Waals surface area contributed by atoms with Crippen molar-refractivity contribution in [2.45, 2.75) is 67.5 Å². The third-order valence-corrected chi connectivity index (χ3v) is 6.17. The fourth-order valence-electron chi connectivity index (χ4n) is 3.96. The molecule has 0 aliphatic carbocycles. The van der Waals surface area contributed by atoms with Crippen molar-refractivity contribution in [3.63, 3.8) is 0 Å². The van der Waals surface area contributed by atoms with Crippen LogP contribution in [-0.4, -0.2) is 129 Å². The lowest BCUT2D eigenvalue weighted by Gasteiger charge is -2.37. The molecule has 1 aromatic rings. The Morgan fingerprint density at radius 2 is 1.28 bits per heavy atom. The highest BCUT2D eigenvalue weighted by molar-refractivity contribution is 5.48. The van der Waals surface area contributed by atoms with E-state index in [0.29, 0.717) is 24.2 Å². The molecule has 0 aromatic heterocycles. The quantitative estimate of drug-likeness (QED) is 0.183. The molecule has 2 fully saturated rings. The van der Waals surface area contributed by atoms with Gasteiger partial charge in [-0.1, -0.05) is 23.7 Å². The predicted molar refractivity (Wildman–Crippen MR) is 123 cm³/mol. The number of hydrogen-bond acceptors (Lipinski definition) is 11. The van der Waals surface area contributed by atoms with E-state index in [1.807, 2.05) is 0 Å². The first kappa shape index (κ1) is 28.5. The minimum atomic E-state index is -1.52. The van der Waals surface area contributed by atoms with Gasteiger partial charge in [-0.15, -0.1) is 0 Å². The number of ether oxygens (including phenoxy) is 3. The van der Waals surface area contributed by atoms with Crippen LogP contribution in [0.25, 0.3) is 0 Å². The molecule has 198 valence electrons. The molecular formula is C25H32O11. The van der Waals surface area contributed by atoms with Crippen LogP contribution >= 0.6 is 0 Å². The highest BCUT2D eigenvalue weighted by Gasteiger charge is 2.43. The van der Waals surface area contributed by atoms with Gasteiger partial charge in [-0.3, -0.25) is 0 Å². The summed E-state index contributed by atoms with van der Waals surface area (Å²) >= 11 is 0. The SMILES string of the molecule is COCCc1cc(C#C[C@H]2O[C@H](CO)[C@@H](O)[C@H](O)[C@@H]2O)ccc1C#C[C@H]1O[C@H](CO)[C@@H](O)[C@H](O)[C@@H]1O. The molecule has 2 aliphatic rings. The fraction of sp³-hybridized carbons (Fsp3) is 0.600. The molecule has 0 saturated carbocycles. The number of aliphatic hydroxyl groups excluding tert-OH is 8. The molecule has 0 amide bonds. The Balaban J connectivity index is 1.83. The lowest BCUT2D eigenvalue weighted by Crippen LogP contribution is -2.58. The largest absolute Gasteiger partial charge is 0.394 e. The molecule has 0 radical (unpaired) electrons. The first-order valence-electron chi connectivity index (χ1n) is 11.5. The number of benzene rings is 1. The summed E-state index contributed by atoms with van der Waals surface area (Å²) in [5, 5.41) is 78.7. The van der Waals surface area contributed by atoms with Gasteiger partial charge in [-0.2, -0.15) is 0 Å². The van der Waals surface area contributed by atoms with Crippen molar-refractivity contribution < 1.29 is 55.1 Å². The Bertz CT molecular complexity index is 989. The molecular weight excluding hydrogens is 476 g/mol. The van der Waals surface area contributed by atoms with Gasteiger partial charge < -0.3 is 55.1 Å². The maximum Gasteiger partial charge on any atom is 0.147 e.